The third-order valence-corrected chi connectivity index (χ3v) is 5.69. The van der Waals surface area contributed by atoms with Gasteiger partial charge in [0.2, 0.25) is 0 Å². The third-order valence-electron chi connectivity index (χ3n) is 2.87. The smallest absolute Gasteiger partial charge is 0.152 e. The maximum atomic E-state index is 11.6. The second kappa shape index (κ2) is 5.51. The Bertz CT molecular complexity index is 287. The van der Waals surface area contributed by atoms with Crippen molar-refractivity contribution in [3.8, 4) is 0 Å². The van der Waals surface area contributed by atoms with E-state index in [1.807, 2.05) is 0 Å². The van der Waals surface area contributed by atoms with Gasteiger partial charge >= 0.3 is 0 Å². The number of ether oxygens (including phenoxy) is 1. The molecule has 1 heterocycles. The number of rotatable bonds is 4. The first-order chi connectivity index (χ1) is 6.93. The Hall–Kier alpha value is 0.200. The van der Waals surface area contributed by atoms with E-state index in [-0.39, 0.29) is 22.3 Å². The van der Waals surface area contributed by atoms with Crippen molar-refractivity contribution >= 4 is 21.4 Å². The van der Waals surface area contributed by atoms with Gasteiger partial charge in [-0.25, -0.2) is 8.42 Å². The zero-order valence-electron chi connectivity index (χ0n) is 9.28. The van der Waals surface area contributed by atoms with Crippen molar-refractivity contribution in [2.45, 2.75) is 37.3 Å². The highest BCUT2D eigenvalue weighted by Gasteiger charge is 2.26. The molecule has 0 aromatic heterocycles. The van der Waals surface area contributed by atoms with E-state index in [9.17, 15) is 8.42 Å². The summed E-state index contributed by atoms with van der Waals surface area (Å²) < 4.78 is 28.5. The van der Waals surface area contributed by atoms with Gasteiger partial charge in [0.1, 0.15) is 0 Å². The summed E-state index contributed by atoms with van der Waals surface area (Å²) in [6, 6.07) is 0. The van der Waals surface area contributed by atoms with Gasteiger partial charge in [0.05, 0.1) is 17.6 Å². The topological polar surface area (TPSA) is 43.4 Å². The van der Waals surface area contributed by atoms with Crippen LogP contribution in [0.1, 0.15) is 26.7 Å². The minimum absolute atomic E-state index is 0.0705. The van der Waals surface area contributed by atoms with Crippen LogP contribution in [0.2, 0.25) is 0 Å². The van der Waals surface area contributed by atoms with Crippen molar-refractivity contribution in [2.24, 2.45) is 5.92 Å². The minimum Gasteiger partial charge on any atom is -0.381 e. The Kier molecular flexibility index (Phi) is 4.87. The molecule has 90 valence electrons. The first kappa shape index (κ1) is 13.3. The lowest BCUT2D eigenvalue weighted by atomic mass is 9.99. The molecule has 0 aliphatic carbocycles. The highest BCUT2D eigenvalue weighted by Crippen LogP contribution is 2.24. The second-order valence-corrected chi connectivity index (χ2v) is 7.58. The average molecular weight is 255 g/mol. The fourth-order valence-corrected chi connectivity index (χ4v) is 2.98. The van der Waals surface area contributed by atoms with Gasteiger partial charge in [-0.15, -0.1) is 11.6 Å². The maximum Gasteiger partial charge on any atom is 0.152 e. The van der Waals surface area contributed by atoms with E-state index >= 15 is 0 Å². The number of alkyl halides is 1. The van der Waals surface area contributed by atoms with Crippen LogP contribution in [0.25, 0.3) is 0 Å². The van der Waals surface area contributed by atoms with Crippen LogP contribution in [0.4, 0.5) is 0 Å². The van der Waals surface area contributed by atoms with Crippen molar-refractivity contribution in [3.63, 3.8) is 0 Å². The lowest BCUT2D eigenvalue weighted by Crippen LogP contribution is -2.30. The summed E-state index contributed by atoms with van der Waals surface area (Å²) in [6.45, 7) is 4.72. The summed E-state index contributed by atoms with van der Waals surface area (Å²) in [5.41, 5.74) is 0. The van der Waals surface area contributed by atoms with Gasteiger partial charge < -0.3 is 4.74 Å². The molecule has 0 saturated carbocycles. The van der Waals surface area contributed by atoms with Gasteiger partial charge in [-0.1, -0.05) is 0 Å². The number of hydrogen-bond donors (Lipinski definition) is 0. The highest BCUT2D eigenvalue weighted by atomic mass is 35.5. The first-order valence-electron chi connectivity index (χ1n) is 5.37. The predicted molar refractivity (Wildman–Crippen MR) is 62.1 cm³/mol. The zero-order chi connectivity index (χ0) is 11.5. The van der Waals surface area contributed by atoms with Crippen molar-refractivity contribution < 1.29 is 13.2 Å². The molecule has 1 aliphatic heterocycles. The fraction of sp³-hybridized carbons (Fsp3) is 1.00. The normalized spacial score (nSPS) is 28.3. The molecule has 0 bridgehead atoms. The van der Waals surface area contributed by atoms with E-state index in [2.05, 4.69) is 0 Å². The molecule has 0 aromatic carbocycles. The van der Waals surface area contributed by atoms with Crippen LogP contribution >= 0.6 is 11.6 Å². The Balaban J connectivity index is 2.42. The maximum absolute atomic E-state index is 11.6. The van der Waals surface area contributed by atoms with E-state index in [0.29, 0.717) is 19.6 Å². The molecule has 2 unspecified atom stereocenters. The summed E-state index contributed by atoms with van der Waals surface area (Å²) >= 11 is 6.12. The third kappa shape index (κ3) is 3.93. The first-order valence-corrected chi connectivity index (χ1v) is 7.52. The van der Waals surface area contributed by atoms with Crippen LogP contribution in [0, 0.1) is 5.92 Å². The Morgan fingerprint density at radius 3 is 2.67 bits per heavy atom. The average Bonchev–Trinajstić information content (AvgIpc) is 2.16. The van der Waals surface area contributed by atoms with Crippen LogP contribution in [0.3, 0.4) is 0 Å². The minimum atomic E-state index is -2.94. The largest absolute Gasteiger partial charge is 0.381 e. The second-order valence-electron chi connectivity index (χ2n) is 4.34. The van der Waals surface area contributed by atoms with Gasteiger partial charge in [-0.3, -0.25) is 0 Å². The van der Waals surface area contributed by atoms with Gasteiger partial charge in [0, 0.05) is 12.0 Å². The highest BCUT2D eigenvalue weighted by molar-refractivity contribution is 7.91. The van der Waals surface area contributed by atoms with Crippen molar-refractivity contribution in [1.29, 1.82) is 0 Å². The number of sulfone groups is 1. The molecular formula is C10H19ClO3S. The van der Waals surface area contributed by atoms with Gasteiger partial charge in [0.25, 0.3) is 0 Å². The monoisotopic (exact) mass is 254 g/mol. The lowest BCUT2D eigenvalue weighted by Gasteiger charge is -2.27. The molecule has 15 heavy (non-hydrogen) atoms. The molecule has 5 heteroatoms. The fourth-order valence-electron chi connectivity index (χ4n) is 1.59. The van der Waals surface area contributed by atoms with Gasteiger partial charge in [0.15, 0.2) is 9.84 Å². The summed E-state index contributed by atoms with van der Waals surface area (Å²) in [6.07, 6.45) is 1.45. The Morgan fingerprint density at radius 2 is 2.13 bits per heavy atom. The molecule has 1 fully saturated rings. The van der Waals surface area contributed by atoms with Crippen LogP contribution < -0.4 is 0 Å². The molecule has 3 nitrogen and oxygen atoms in total. The van der Waals surface area contributed by atoms with Crippen LogP contribution in [0.15, 0.2) is 0 Å². The standard InChI is InChI=1S/C10H19ClO3S/c1-8(2)15(12,13)6-4-9-7-14-5-3-10(9)11/h8-10H,3-7H2,1-2H3. The van der Waals surface area contributed by atoms with E-state index in [1.165, 1.54) is 0 Å². The van der Waals surface area contributed by atoms with Crippen LogP contribution in [-0.2, 0) is 14.6 Å². The van der Waals surface area contributed by atoms with Crippen molar-refractivity contribution in [2.75, 3.05) is 19.0 Å². The molecule has 0 spiro atoms. The SMILES string of the molecule is CC(C)S(=O)(=O)CCC1COCCC1Cl. The molecule has 0 N–H and O–H groups in total. The molecular weight excluding hydrogens is 236 g/mol. The Morgan fingerprint density at radius 1 is 1.47 bits per heavy atom. The molecule has 2 atom stereocenters. The quantitative estimate of drug-likeness (QED) is 0.719. The molecule has 1 saturated heterocycles. The molecule has 1 aliphatic rings. The number of halogens is 1. The zero-order valence-corrected chi connectivity index (χ0v) is 10.9. The summed E-state index contributed by atoms with van der Waals surface area (Å²) in [5.74, 6) is 0.413. The van der Waals surface area contributed by atoms with Crippen molar-refractivity contribution in [3.05, 3.63) is 0 Å². The van der Waals surface area contributed by atoms with Gasteiger partial charge in [-0.05, 0) is 32.6 Å². The van der Waals surface area contributed by atoms with Crippen LogP contribution in [-0.4, -0.2) is 38.0 Å². The lowest BCUT2D eigenvalue weighted by molar-refractivity contribution is 0.0566. The molecule has 1 rings (SSSR count). The molecule has 0 aromatic rings. The van der Waals surface area contributed by atoms with Gasteiger partial charge in [-0.2, -0.15) is 0 Å². The molecule has 0 amide bonds. The molecule has 0 radical (unpaired) electrons. The van der Waals surface area contributed by atoms with E-state index in [4.69, 9.17) is 16.3 Å². The summed E-state index contributed by atoms with van der Waals surface area (Å²) in [5, 5.41) is -0.225. The van der Waals surface area contributed by atoms with Crippen molar-refractivity contribution in [1.82, 2.24) is 0 Å². The van der Waals surface area contributed by atoms with Crippen LogP contribution in [0.5, 0.6) is 0 Å². The number of hydrogen-bond acceptors (Lipinski definition) is 3. The summed E-state index contributed by atoms with van der Waals surface area (Å²) in [4.78, 5) is 0. The van der Waals surface area contributed by atoms with E-state index < -0.39 is 9.84 Å². The van der Waals surface area contributed by atoms with E-state index in [0.717, 1.165) is 6.42 Å². The predicted octanol–water partition coefficient (Wildman–Crippen LogP) is 1.84. The Labute approximate surface area is 97.1 Å². The van der Waals surface area contributed by atoms with E-state index in [1.54, 1.807) is 13.8 Å². The summed E-state index contributed by atoms with van der Waals surface area (Å²) in [7, 11) is -2.94.